The van der Waals surface area contributed by atoms with Crippen molar-refractivity contribution in [2.24, 2.45) is 0 Å². The van der Waals surface area contributed by atoms with Gasteiger partial charge >= 0.3 is 12.0 Å². The van der Waals surface area contributed by atoms with Crippen LogP contribution >= 0.6 is 0 Å². The Hall–Kier alpha value is -2.96. The lowest BCUT2D eigenvalue weighted by molar-refractivity contribution is 0.0697. The van der Waals surface area contributed by atoms with Crippen molar-refractivity contribution in [3.63, 3.8) is 0 Å². The number of rotatable bonds is 2. The van der Waals surface area contributed by atoms with E-state index >= 15 is 0 Å². The summed E-state index contributed by atoms with van der Waals surface area (Å²) >= 11 is 0. The number of aromatic carboxylic acids is 1. The first kappa shape index (κ1) is 13.0. The second kappa shape index (κ2) is 5.20. The first-order valence-electron chi connectivity index (χ1n) is 6.35. The second-order valence-electron chi connectivity index (χ2n) is 4.61. The van der Waals surface area contributed by atoms with E-state index in [0.29, 0.717) is 18.7 Å². The number of aromatic nitrogens is 2. The molecule has 0 atom stereocenters. The van der Waals surface area contributed by atoms with Gasteiger partial charge in [-0.25, -0.2) is 19.6 Å². The van der Waals surface area contributed by atoms with Gasteiger partial charge in [0.1, 0.15) is 6.33 Å². The summed E-state index contributed by atoms with van der Waals surface area (Å²) in [6.07, 6.45) is 5.04. The van der Waals surface area contributed by atoms with Crippen LogP contribution in [0.25, 0.3) is 0 Å². The van der Waals surface area contributed by atoms with Gasteiger partial charge in [-0.1, -0.05) is 0 Å². The third-order valence-corrected chi connectivity index (χ3v) is 3.28. The predicted molar refractivity (Wildman–Crippen MR) is 75.5 cm³/mol. The topological polar surface area (TPSA) is 95.4 Å². The number of amides is 2. The van der Waals surface area contributed by atoms with Crippen LogP contribution in [-0.4, -0.2) is 33.6 Å². The first-order chi connectivity index (χ1) is 10.1. The van der Waals surface area contributed by atoms with Crippen LogP contribution < -0.4 is 10.2 Å². The number of fused-ring (bicyclic) bond motifs is 1. The van der Waals surface area contributed by atoms with Crippen molar-refractivity contribution in [3.05, 3.63) is 48.0 Å². The Labute approximate surface area is 120 Å². The van der Waals surface area contributed by atoms with Gasteiger partial charge in [-0.05, 0) is 30.2 Å². The fourth-order valence-corrected chi connectivity index (χ4v) is 2.30. The van der Waals surface area contributed by atoms with Crippen LogP contribution in [0.3, 0.4) is 0 Å². The molecule has 0 spiro atoms. The predicted octanol–water partition coefficient (Wildman–Crippen LogP) is 1.77. The zero-order chi connectivity index (χ0) is 14.8. The summed E-state index contributed by atoms with van der Waals surface area (Å²) in [6.45, 7) is 0.512. The molecule has 21 heavy (non-hydrogen) atoms. The minimum Gasteiger partial charge on any atom is -0.478 e. The van der Waals surface area contributed by atoms with Gasteiger partial charge in [0.15, 0.2) is 0 Å². The molecule has 7 nitrogen and oxygen atoms in total. The Morgan fingerprint density at radius 1 is 1.24 bits per heavy atom. The molecule has 7 heteroatoms. The average Bonchev–Trinajstić information content (AvgIpc) is 2.91. The van der Waals surface area contributed by atoms with Crippen molar-refractivity contribution in [3.8, 4) is 0 Å². The van der Waals surface area contributed by atoms with Crippen molar-refractivity contribution in [1.82, 2.24) is 9.97 Å². The lowest BCUT2D eigenvalue weighted by atomic mass is 10.1. The second-order valence-corrected chi connectivity index (χ2v) is 4.61. The van der Waals surface area contributed by atoms with E-state index in [1.54, 1.807) is 17.0 Å². The van der Waals surface area contributed by atoms with Gasteiger partial charge in [0.05, 0.1) is 23.6 Å². The maximum Gasteiger partial charge on any atom is 0.335 e. The fourth-order valence-electron chi connectivity index (χ4n) is 2.30. The van der Waals surface area contributed by atoms with Crippen LogP contribution in [0.2, 0.25) is 0 Å². The number of carbonyl (C=O) groups is 2. The molecule has 1 aromatic carbocycles. The molecule has 0 saturated carbocycles. The molecule has 0 fully saturated rings. The molecule has 0 aliphatic carbocycles. The highest BCUT2D eigenvalue weighted by Crippen LogP contribution is 2.29. The molecular formula is C14H12N4O3. The number of anilines is 2. The Morgan fingerprint density at radius 2 is 2.00 bits per heavy atom. The molecule has 0 radical (unpaired) electrons. The van der Waals surface area contributed by atoms with Gasteiger partial charge in [0, 0.05) is 12.2 Å². The summed E-state index contributed by atoms with van der Waals surface area (Å²) in [5, 5.41) is 11.7. The highest BCUT2D eigenvalue weighted by atomic mass is 16.4. The molecule has 2 heterocycles. The molecule has 3 rings (SSSR count). The van der Waals surface area contributed by atoms with Crippen LogP contribution in [0.5, 0.6) is 0 Å². The molecule has 0 saturated heterocycles. The summed E-state index contributed by atoms with van der Waals surface area (Å²) in [4.78, 5) is 32.4. The monoisotopic (exact) mass is 284 g/mol. The van der Waals surface area contributed by atoms with E-state index in [0.717, 1.165) is 11.3 Å². The van der Waals surface area contributed by atoms with Gasteiger partial charge in [-0.15, -0.1) is 0 Å². The van der Waals surface area contributed by atoms with Gasteiger partial charge in [0.25, 0.3) is 0 Å². The van der Waals surface area contributed by atoms with E-state index in [4.69, 9.17) is 5.11 Å². The molecular weight excluding hydrogens is 272 g/mol. The van der Waals surface area contributed by atoms with Crippen LogP contribution in [0, 0.1) is 0 Å². The van der Waals surface area contributed by atoms with Gasteiger partial charge in [-0.3, -0.25) is 4.90 Å². The minimum atomic E-state index is -0.970. The molecule has 106 valence electrons. The van der Waals surface area contributed by atoms with E-state index in [1.165, 1.54) is 24.8 Å². The van der Waals surface area contributed by atoms with Crippen LogP contribution in [0.1, 0.15) is 15.9 Å². The Kier molecular flexibility index (Phi) is 3.23. The maximum absolute atomic E-state index is 12.2. The lowest BCUT2D eigenvalue weighted by Gasteiger charge is -2.17. The number of nitrogens with zero attached hydrogens (tertiary/aromatic N) is 3. The van der Waals surface area contributed by atoms with Gasteiger partial charge < -0.3 is 10.4 Å². The highest BCUT2D eigenvalue weighted by molar-refractivity contribution is 6.03. The third-order valence-electron chi connectivity index (χ3n) is 3.28. The minimum absolute atomic E-state index is 0.229. The van der Waals surface area contributed by atoms with E-state index in [1.807, 2.05) is 0 Å². The molecule has 0 bridgehead atoms. The number of carboxylic acid groups (broad SMARTS) is 1. The number of carbonyl (C=O) groups excluding carboxylic acids is 1. The fraction of sp³-hybridized carbons (Fsp3) is 0.143. The molecule has 1 aliphatic rings. The molecule has 0 unspecified atom stereocenters. The zero-order valence-electron chi connectivity index (χ0n) is 11.0. The van der Waals surface area contributed by atoms with Gasteiger partial charge in [0.2, 0.25) is 0 Å². The molecule has 1 aromatic heterocycles. The summed E-state index contributed by atoms with van der Waals surface area (Å²) in [6, 6.07) is 4.48. The standard InChI is InChI=1S/C14H12N4O3/c19-13(20)10-1-2-12-9(5-10)3-4-18(12)14(21)17-11-6-15-8-16-7-11/h1-2,5-8H,3-4H2,(H,17,21)(H,19,20). The van der Waals surface area contributed by atoms with E-state index in [-0.39, 0.29) is 11.6 Å². The summed E-state index contributed by atoms with van der Waals surface area (Å²) in [5.41, 5.74) is 2.33. The number of nitrogens with one attached hydrogen (secondary N) is 1. The summed E-state index contributed by atoms with van der Waals surface area (Å²) in [5.74, 6) is -0.970. The molecule has 1 aliphatic heterocycles. The van der Waals surface area contributed by atoms with Gasteiger partial charge in [-0.2, -0.15) is 0 Å². The zero-order valence-corrected chi connectivity index (χ0v) is 11.0. The number of benzene rings is 1. The smallest absolute Gasteiger partial charge is 0.335 e. The lowest BCUT2D eigenvalue weighted by Crippen LogP contribution is -2.33. The normalized spacial score (nSPS) is 12.9. The summed E-state index contributed by atoms with van der Waals surface area (Å²) in [7, 11) is 0. The first-order valence-corrected chi connectivity index (χ1v) is 6.35. The quantitative estimate of drug-likeness (QED) is 0.876. The van der Waals surface area contributed by atoms with E-state index < -0.39 is 5.97 Å². The largest absolute Gasteiger partial charge is 0.478 e. The highest BCUT2D eigenvalue weighted by Gasteiger charge is 2.25. The molecule has 2 aromatic rings. The van der Waals surface area contributed by atoms with Crippen molar-refractivity contribution in [1.29, 1.82) is 0 Å². The molecule has 2 N–H and O–H groups in total. The number of hydrogen-bond acceptors (Lipinski definition) is 4. The average molecular weight is 284 g/mol. The Balaban J connectivity index is 1.81. The van der Waals surface area contributed by atoms with Crippen molar-refractivity contribution >= 4 is 23.4 Å². The third kappa shape index (κ3) is 2.53. The van der Waals surface area contributed by atoms with Crippen LogP contribution in [-0.2, 0) is 6.42 Å². The molecule has 2 amide bonds. The van der Waals surface area contributed by atoms with E-state index in [2.05, 4.69) is 15.3 Å². The number of hydrogen-bond donors (Lipinski definition) is 2. The van der Waals surface area contributed by atoms with Crippen LogP contribution in [0.4, 0.5) is 16.2 Å². The van der Waals surface area contributed by atoms with Crippen LogP contribution in [0.15, 0.2) is 36.9 Å². The Bertz CT molecular complexity index is 703. The van der Waals surface area contributed by atoms with Crippen molar-refractivity contribution in [2.75, 3.05) is 16.8 Å². The van der Waals surface area contributed by atoms with Crippen molar-refractivity contribution in [2.45, 2.75) is 6.42 Å². The Morgan fingerprint density at radius 3 is 2.71 bits per heavy atom. The number of urea groups is 1. The van der Waals surface area contributed by atoms with Crippen molar-refractivity contribution < 1.29 is 14.7 Å². The number of carboxylic acids is 1. The SMILES string of the molecule is O=C(O)c1ccc2c(c1)CCN2C(=O)Nc1cncnc1. The van der Waals surface area contributed by atoms with E-state index in [9.17, 15) is 9.59 Å². The maximum atomic E-state index is 12.2. The summed E-state index contributed by atoms with van der Waals surface area (Å²) < 4.78 is 0.